The highest BCUT2D eigenvalue weighted by molar-refractivity contribution is 5.78. The fraction of sp³-hybridized carbons (Fsp3) is 0.857. The predicted octanol–water partition coefficient (Wildman–Crippen LogP) is 0.678. The highest BCUT2D eigenvalue weighted by Gasteiger charge is 2.39. The van der Waals surface area contributed by atoms with Gasteiger partial charge in [0.05, 0.1) is 6.07 Å². The fourth-order valence-electron chi connectivity index (χ4n) is 2.56. The van der Waals surface area contributed by atoms with Gasteiger partial charge in [0.1, 0.15) is 5.54 Å². The smallest absolute Gasteiger partial charge is 0.223 e. The van der Waals surface area contributed by atoms with Crippen molar-refractivity contribution in [3.8, 4) is 6.07 Å². The summed E-state index contributed by atoms with van der Waals surface area (Å²) in [4.78, 5) is 16.1. The van der Waals surface area contributed by atoms with Gasteiger partial charge in [-0.1, -0.05) is 0 Å². The third-order valence-electron chi connectivity index (χ3n) is 4.11. The number of hydrogen-bond acceptors (Lipinski definition) is 4. The summed E-state index contributed by atoms with van der Waals surface area (Å²) in [6, 6.07) is 2.42. The van der Waals surface area contributed by atoms with E-state index < -0.39 is 0 Å². The Morgan fingerprint density at radius 3 is 2.32 bits per heavy atom. The molecule has 1 N–H and O–H groups in total. The van der Waals surface area contributed by atoms with Crippen LogP contribution in [0, 0.1) is 17.2 Å². The number of rotatable bonds is 5. The number of amides is 1. The Hall–Kier alpha value is -1.12. The van der Waals surface area contributed by atoms with Crippen LogP contribution in [0.2, 0.25) is 0 Å². The van der Waals surface area contributed by atoms with Crippen molar-refractivity contribution in [2.75, 3.05) is 41.3 Å². The molecule has 1 saturated carbocycles. The zero-order valence-corrected chi connectivity index (χ0v) is 12.6. The third kappa shape index (κ3) is 4.19. The van der Waals surface area contributed by atoms with E-state index in [0.717, 1.165) is 32.2 Å². The van der Waals surface area contributed by atoms with Crippen molar-refractivity contribution in [3.05, 3.63) is 0 Å². The Bertz CT molecular complexity index is 338. The quantitative estimate of drug-likeness (QED) is 0.795. The maximum atomic E-state index is 12.0. The molecule has 108 valence electrons. The lowest BCUT2D eigenvalue weighted by Gasteiger charge is -2.39. The van der Waals surface area contributed by atoms with Crippen molar-refractivity contribution in [2.45, 2.75) is 31.2 Å². The second-order valence-corrected chi connectivity index (χ2v) is 5.91. The summed E-state index contributed by atoms with van der Waals surface area (Å²) in [5.41, 5.74) is -0.375. The largest absolute Gasteiger partial charge is 0.355 e. The normalized spacial score (nSPS) is 27.3. The number of nitrogens with zero attached hydrogens (tertiary/aromatic N) is 3. The monoisotopic (exact) mass is 266 g/mol. The van der Waals surface area contributed by atoms with Crippen molar-refractivity contribution in [1.29, 1.82) is 5.26 Å². The fourth-order valence-corrected chi connectivity index (χ4v) is 2.56. The first-order valence-corrected chi connectivity index (χ1v) is 6.92. The van der Waals surface area contributed by atoms with Crippen LogP contribution in [0.25, 0.3) is 0 Å². The lowest BCUT2D eigenvalue weighted by molar-refractivity contribution is -0.126. The minimum Gasteiger partial charge on any atom is -0.355 e. The molecular formula is C14H26N4O. The summed E-state index contributed by atoms with van der Waals surface area (Å²) in [5.74, 6) is 0.218. The molecule has 0 radical (unpaired) electrons. The maximum Gasteiger partial charge on any atom is 0.223 e. The Kier molecular flexibility index (Phi) is 5.77. The van der Waals surface area contributed by atoms with E-state index in [2.05, 4.69) is 11.4 Å². The Labute approximate surface area is 116 Å². The van der Waals surface area contributed by atoms with E-state index in [1.807, 2.05) is 38.0 Å². The van der Waals surface area contributed by atoms with E-state index in [0.29, 0.717) is 6.54 Å². The van der Waals surface area contributed by atoms with Gasteiger partial charge in [0.2, 0.25) is 5.91 Å². The minimum atomic E-state index is -0.375. The van der Waals surface area contributed by atoms with Gasteiger partial charge in [-0.3, -0.25) is 9.69 Å². The van der Waals surface area contributed by atoms with Crippen molar-refractivity contribution >= 4 is 5.91 Å². The summed E-state index contributed by atoms with van der Waals surface area (Å²) in [6.45, 7) is 1.55. The zero-order chi connectivity index (χ0) is 14.5. The summed E-state index contributed by atoms with van der Waals surface area (Å²) >= 11 is 0. The number of nitrogens with one attached hydrogen (secondary N) is 1. The lowest BCUT2D eigenvalue weighted by Crippen LogP contribution is -2.48. The zero-order valence-electron chi connectivity index (χ0n) is 12.6. The van der Waals surface area contributed by atoms with Crippen LogP contribution >= 0.6 is 0 Å². The average molecular weight is 266 g/mol. The van der Waals surface area contributed by atoms with Crippen LogP contribution in [0.1, 0.15) is 25.7 Å². The topological polar surface area (TPSA) is 59.4 Å². The van der Waals surface area contributed by atoms with Crippen LogP contribution in [0.4, 0.5) is 0 Å². The predicted molar refractivity (Wildman–Crippen MR) is 75.6 cm³/mol. The number of carbonyl (C=O) groups excluding carboxylic acids is 1. The molecule has 5 nitrogen and oxygen atoms in total. The first-order chi connectivity index (χ1) is 8.91. The third-order valence-corrected chi connectivity index (χ3v) is 4.11. The Balaban J connectivity index is 2.41. The van der Waals surface area contributed by atoms with E-state index in [1.165, 1.54) is 0 Å². The molecule has 0 aromatic carbocycles. The standard InChI is InChI=1S/C14H26N4O/c1-17(2)10-9-16-13(19)12-5-7-14(11-15,8-6-12)18(3)4/h12H,5-10H2,1-4H3,(H,16,19). The van der Waals surface area contributed by atoms with Crippen LogP contribution in [-0.2, 0) is 4.79 Å². The molecule has 1 aliphatic rings. The molecule has 0 aromatic heterocycles. The molecule has 0 heterocycles. The van der Waals surface area contributed by atoms with Crippen LogP contribution < -0.4 is 5.32 Å². The maximum absolute atomic E-state index is 12.0. The summed E-state index contributed by atoms with van der Waals surface area (Å²) in [6.07, 6.45) is 3.17. The SMILES string of the molecule is CN(C)CCNC(=O)C1CCC(C#N)(N(C)C)CC1. The molecule has 0 bridgehead atoms. The molecule has 5 heteroatoms. The van der Waals surface area contributed by atoms with Crippen molar-refractivity contribution in [3.63, 3.8) is 0 Å². The summed E-state index contributed by atoms with van der Waals surface area (Å²) < 4.78 is 0. The molecule has 1 fully saturated rings. The molecule has 1 rings (SSSR count). The van der Waals surface area contributed by atoms with Gasteiger partial charge >= 0.3 is 0 Å². The highest BCUT2D eigenvalue weighted by Crippen LogP contribution is 2.34. The average Bonchev–Trinajstić information content (AvgIpc) is 2.38. The molecule has 19 heavy (non-hydrogen) atoms. The number of likely N-dealkylation sites (N-methyl/N-ethyl adjacent to an activating group) is 1. The van der Waals surface area contributed by atoms with E-state index in [9.17, 15) is 10.1 Å². The first-order valence-electron chi connectivity index (χ1n) is 6.92. The van der Waals surface area contributed by atoms with E-state index in [1.54, 1.807) is 0 Å². The van der Waals surface area contributed by atoms with Crippen LogP contribution in [0.3, 0.4) is 0 Å². The van der Waals surface area contributed by atoms with E-state index >= 15 is 0 Å². The minimum absolute atomic E-state index is 0.0728. The number of carbonyl (C=O) groups is 1. The molecular weight excluding hydrogens is 240 g/mol. The Morgan fingerprint density at radius 2 is 1.89 bits per heavy atom. The van der Waals surface area contributed by atoms with Crippen molar-refractivity contribution in [2.24, 2.45) is 5.92 Å². The lowest BCUT2D eigenvalue weighted by atomic mass is 9.76. The number of nitriles is 1. The molecule has 1 amide bonds. The van der Waals surface area contributed by atoms with Gasteiger partial charge in [0.25, 0.3) is 0 Å². The van der Waals surface area contributed by atoms with Crippen molar-refractivity contribution < 1.29 is 4.79 Å². The Morgan fingerprint density at radius 1 is 1.32 bits per heavy atom. The van der Waals surface area contributed by atoms with Gasteiger partial charge in [-0.15, -0.1) is 0 Å². The molecule has 0 unspecified atom stereocenters. The first kappa shape index (κ1) is 15.9. The second-order valence-electron chi connectivity index (χ2n) is 5.91. The van der Waals surface area contributed by atoms with Gasteiger partial charge in [0, 0.05) is 19.0 Å². The van der Waals surface area contributed by atoms with E-state index in [4.69, 9.17) is 0 Å². The van der Waals surface area contributed by atoms with Crippen LogP contribution in [0.15, 0.2) is 0 Å². The molecule has 0 saturated heterocycles. The molecule has 0 atom stereocenters. The van der Waals surface area contributed by atoms with Gasteiger partial charge in [-0.05, 0) is 53.9 Å². The molecule has 0 aromatic rings. The summed E-state index contributed by atoms with van der Waals surface area (Å²) in [7, 11) is 7.87. The second kappa shape index (κ2) is 6.88. The van der Waals surface area contributed by atoms with Gasteiger partial charge < -0.3 is 10.2 Å². The van der Waals surface area contributed by atoms with Crippen LogP contribution in [0.5, 0.6) is 0 Å². The highest BCUT2D eigenvalue weighted by atomic mass is 16.1. The van der Waals surface area contributed by atoms with Crippen molar-refractivity contribution in [1.82, 2.24) is 15.1 Å². The number of hydrogen-bond donors (Lipinski definition) is 1. The van der Waals surface area contributed by atoms with Gasteiger partial charge in [-0.25, -0.2) is 0 Å². The van der Waals surface area contributed by atoms with E-state index in [-0.39, 0.29) is 17.4 Å². The summed E-state index contributed by atoms with van der Waals surface area (Å²) in [5, 5.41) is 12.3. The van der Waals surface area contributed by atoms with Gasteiger partial charge in [0.15, 0.2) is 0 Å². The molecule has 1 aliphatic carbocycles. The van der Waals surface area contributed by atoms with Crippen LogP contribution in [-0.4, -0.2) is 62.5 Å². The van der Waals surface area contributed by atoms with Gasteiger partial charge in [-0.2, -0.15) is 5.26 Å². The molecule has 0 spiro atoms. The molecule has 0 aliphatic heterocycles.